The van der Waals surface area contributed by atoms with Crippen molar-refractivity contribution in [1.82, 2.24) is 0 Å². The van der Waals surface area contributed by atoms with Crippen LogP contribution < -0.4 is 9.62 Å². The molecule has 31 heavy (non-hydrogen) atoms. The summed E-state index contributed by atoms with van der Waals surface area (Å²) in [5.74, 6) is -0.682. The Hall–Kier alpha value is -2.39. The van der Waals surface area contributed by atoms with Crippen molar-refractivity contribution in [1.29, 1.82) is 0 Å². The van der Waals surface area contributed by atoms with Gasteiger partial charge in [0, 0.05) is 17.8 Å². The van der Waals surface area contributed by atoms with Crippen LogP contribution in [0.15, 0.2) is 24.3 Å². The highest BCUT2D eigenvalue weighted by atomic mass is 32.2. The molecule has 0 unspecified atom stereocenters. The maximum absolute atomic E-state index is 12.6. The number of thiophene rings is 1. The average molecular weight is 465 g/mol. The molecular weight excluding hydrogens is 436 g/mol. The third-order valence-corrected chi connectivity index (χ3v) is 7.67. The largest absolute Gasteiger partial charge is 0.465 e. The molecule has 9 heteroatoms. The molecule has 1 aromatic carbocycles. The highest BCUT2D eigenvalue weighted by Crippen LogP contribution is 2.38. The minimum Gasteiger partial charge on any atom is -0.465 e. The molecule has 1 aromatic heterocycles. The number of rotatable bonds is 8. The van der Waals surface area contributed by atoms with Gasteiger partial charge in [-0.2, -0.15) is 0 Å². The number of amides is 1. The van der Waals surface area contributed by atoms with Gasteiger partial charge in [-0.15, -0.1) is 11.3 Å². The molecule has 0 aliphatic heterocycles. The zero-order valence-corrected chi connectivity index (χ0v) is 19.7. The van der Waals surface area contributed by atoms with E-state index < -0.39 is 16.0 Å². The van der Waals surface area contributed by atoms with Crippen molar-refractivity contribution in [2.24, 2.45) is 0 Å². The fraction of sp³-hybridized carbons (Fsp3) is 0.455. The van der Waals surface area contributed by atoms with Gasteiger partial charge in [-0.3, -0.25) is 9.10 Å². The van der Waals surface area contributed by atoms with Crippen molar-refractivity contribution >= 4 is 43.9 Å². The van der Waals surface area contributed by atoms with Crippen molar-refractivity contribution in [2.75, 3.05) is 29.5 Å². The molecule has 1 aliphatic rings. The first-order valence-electron chi connectivity index (χ1n) is 10.3. The van der Waals surface area contributed by atoms with E-state index in [2.05, 4.69) is 5.32 Å². The number of ether oxygens (including phenoxy) is 1. The summed E-state index contributed by atoms with van der Waals surface area (Å²) < 4.78 is 30.8. The molecule has 7 nitrogen and oxygen atoms in total. The van der Waals surface area contributed by atoms with Crippen LogP contribution in [0.25, 0.3) is 0 Å². The first-order valence-corrected chi connectivity index (χ1v) is 12.9. The molecule has 1 N–H and O–H groups in total. The lowest BCUT2D eigenvalue weighted by atomic mass is 9.95. The van der Waals surface area contributed by atoms with E-state index in [1.165, 1.54) is 22.8 Å². The molecule has 2 aromatic rings. The molecule has 0 saturated carbocycles. The Labute approximate surface area is 187 Å². The van der Waals surface area contributed by atoms with E-state index in [0.29, 0.717) is 22.7 Å². The van der Waals surface area contributed by atoms with E-state index >= 15 is 0 Å². The van der Waals surface area contributed by atoms with Crippen LogP contribution in [0.1, 0.15) is 52.0 Å². The van der Waals surface area contributed by atoms with Crippen LogP contribution in [-0.4, -0.2) is 40.2 Å². The number of carbonyl (C=O) groups is 2. The number of aryl methyl sites for hydroxylation is 2. The van der Waals surface area contributed by atoms with E-state index in [1.807, 2.05) is 19.1 Å². The second-order valence-electron chi connectivity index (χ2n) is 7.73. The summed E-state index contributed by atoms with van der Waals surface area (Å²) in [4.78, 5) is 26.0. The van der Waals surface area contributed by atoms with Crippen molar-refractivity contribution in [2.45, 2.75) is 45.4 Å². The predicted molar refractivity (Wildman–Crippen MR) is 124 cm³/mol. The average Bonchev–Trinajstić information content (AvgIpc) is 3.07. The summed E-state index contributed by atoms with van der Waals surface area (Å²) >= 11 is 1.44. The van der Waals surface area contributed by atoms with Crippen LogP contribution in [0.3, 0.4) is 0 Å². The molecule has 0 saturated heterocycles. The Morgan fingerprint density at radius 1 is 1.23 bits per heavy atom. The minimum atomic E-state index is -3.47. The van der Waals surface area contributed by atoms with Crippen LogP contribution in [-0.2, 0) is 32.4 Å². The molecule has 168 valence electrons. The minimum absolute atomic E-state index is 0.140. The summed E-state index contributed by atoms with van der Waals surface area (Å²) in [5, 5.41) is 3.39. The lowest BCUT2D eigenvalue weighted by molar-refractivity contribution is -0.116. The summed E-state index contributed by atoms with van der Waals surface area (Å²) in [6, 6.07) is 7.26. The van der Waals surface area contributed by atoms with E-state index in [1.54, 1.807) is 12.1 Å². The lowest BCUT2D eigenvalue weighted by Gasteiger charge is -2.22. The number of sulfonamides is 1. The number of anilines is 2. The number of esters is 1. The van der Waals surface area contributed by atoms with Gasteiger partial charge in [0.15, 0.2) is 0 Å². The first-order chi connectivity index (χ1) is 14.7. The Morgan fingerprint density at radius 2 is 1.97 bits per heavy atom. The molecule has 0 atom stereocenters. The third kappa shape index (κ3) is 5.65. The SMILES string of the molecule is COC(=O)c1c(NC(=O)CCCN(c2cccc(C)c2)S(C)(=O)=O)sc2c1CCCC2. The Balaban J connectivity index is 1.67. The van der Waals surface area contributed by atoms with Crippen LogP contribution in [0.5, 0.6) is 0 Å². The molecule has 1 amide bonds. The Bertz CT molecular complexity index is 1080. The van der Waals surface area contributed by atoms with Gasteiger partial charge < -0.3 is 10.1 Å². The highest BCUT2D eigenvalue weighted by Gasteiger charge is 2.27. The normalized spacial score (nSPS) is 13.4. The molecule has 0 bridgehead atoms. The van der Waals surface area contributed by atoms with Crippen LogP contribution >= 0.6 is 11.3 Å². The van der Waals surface area contributed by atoms with Crippen molar-refractivity contribution in [3.05, 3.63) is 45.8 Å². The molecule has 3 rings (SSSR count). The predicted octanol–water partition coefficient (Wildman–Crippen LogP) is 3.91. The van der Waals surface area contributed by atoms with Crippen LogP contribution in [0.2, 0.25) is 0 Å². The number of nitrogens with zero attached hydrogens (tertiary/aromatic N) is 1. The molecule has 1 heterocycles. The van der Waals surface area contributed by atoms with Crippen LogP contribution in [0.4, 0.5) is 10.7 Å². The fourth-order valence-electron chi connectivity index (χ4n) is 3.81. The zero-order valence-electron chi connectivity index (χ0n) is 18.1. The highest BCUT2D eigenvalue weighted by molar-refractivity contribution is 7.92. The molecule has 0 radical (unpaired) electrons. The standard InChI is InChI=1S/C22H28N2O5S2/c1-15-8-6-9-16(14-15)24(31(3,27)28)13-7-12-19(25)23-21-20(22(26)29-2)17-10-4-5-11-18(17)30-21/h6,8-9,14H,4-5,7,10-13H2,1-3H3,(H,23,25). The lowest BCUT2D eigenvalue weighted by Crippen LogP contribution is -2.31. The Kier molecular flexibility index (Phi) is 7.38. The van der Waals surface area contributed by atoms with Gasteiger partial charge in [0.1, 0.15) is 5.00 Å². The van der Waals surface area contributed by atoms with Gasteiger partial charge in [-0.1, -0.05) is 12.1 Å². The topological polar surface area (TPSA) is 92.8 Å². The maximum atomic E-state index is 12.6. The summed E-state index contributed by atoms with van der Waals surface area (Å²) in [5.41, 5.74) is 3.00. The van der Waals surface area contributed by atoms with E-state index in [0.717, 1.165) is 47.9 Å². The van der Waals surface area contributed by atoms with Crippen molar-refractivity contribution in [3.8, 4) is 0 Å². The number of hydrogen-bond acceptors (Lipinski definition) is 6. The smallest absolute Gasteiger partial charge is 0.341 e. The number of methoxy groups -OCH3 is 1. The number of carbonyl (C=O) groups excluding carboxylic acids is 2. The van der Waals surface area contributed by atoms with Gasteiger partial charge in [-0.25, -0.2) is 13.2 Å². The first kappa shape index (κ1) is 23.3. The zero-order chi connectivity index (χ0) is 22.6. The van der Waals surface area contributed by atoms with E-state index in [9.17, 15) is 18.0 Å². The van der Waals surface area contributed by atoms with E-state index in [-0.39, 0.29) is 18.9 Å². The van der Waals surface area contributed by atoms with E-state index in [4.69, 9.17) is 4.74 Å². The molecule has 0 spiro atoms. The summed E-state index contributed by atoms with van der Waals surface area (Å²) in [6.45, 7) is 2.09. The molecule has 0 fully saturated rings. The molecule has 1 aliphatic carbocycles. The number of fused-ring (bicyclic) bond motifs is 1. The van der Waals surface area contributed by atoms with Gasteiger partial charge >= 0.3 is 5.97 Å². The second-order valence-corrected chi connectivity index (χ2v) is 10.7. The summed E-state index contributed by atoms with van der Waals surface area (Å²) in [6.07, 6.45) is 5.45. The van der Waals surface area contributed by atoms with Crippen molar-refractivity contribution in [3.63, 3.8) is 0 Å². The van der Waals surface area contributed by atoms with Gasteiger partial charge in [0.25, 0.3) is 0 Å². The fourth-order valence-corrected chi connectivity index (χ4v) is 6.06. The summed E-state index contributed by atoms with van der Waals surface area (Å²) in [7, 11) is -2.13. The Morgan fingerprint density at radius 3 is 2.65 bits per heavy atom. The van der Waals surface area contributed by atoms with Gasteiger partial charge in [0.2, 0.25) is 15.9 Å². The van der Waals surface area contributed by atoms with Gasteiger partial charge in [0.05, 0.1) is 24.6 Å². The number of benzene rings is 1. The third-order valence-electron chi connectivity index (χ3n) is 5.27. The maximum Gasteiger partial charge on any atom is 0.341 e. The van der Waals surface area contributed by atoms with Crippen molar-refractivity contribution < 1.29 is 22.7 Å². The van der Waals surface area contributed by atoms with Gasteiger partial charge in [-0.05, 0) is 62.3 Å². The second kappa shape index (κ2) is 9.82. The number of nitrogens with one attached hydrogen (secondary N) is 1. The quantitative estimate of drug-likeness (QED) is 0.598. The molecular formula is C22H28N2O5S2. The monoisotopic (exact) mass is 464 g/mol. The number of hydrogen-bond donors (Lipinski definition) is 1. The van der Waals surface area contributed by atoms with Crippen LogP contribution in [0, 0.1) is 6.92 Å².